The maximum atomic E-state index is 12.5. The molecule has 164 valence electrons. The minimum Gasteiger partial charge on any atom is -0.351 e. The third-order valence-electron chi connectivity index (χ3n) is 5.34. The third-order valence-corrected chi connectivity index (χ3v) is 5.34. The summed E-state index contributed by atoms with van der Waals surface area (Å²) in [4.78, 5) is 29.1. The van der Waals surface area contributed by atoms with Crippen molar-refractivity contribution in [1.82, 2.24) is 14.7 Å². The summed E-state index contributed by atoms with van der Waals surface area (Å²) in [6, 6.07) is 13.8. The molecule has 6 heteroatoms. The van der Waals surface area contributed by atoms with Gasteiger partial charge in [-0.3, -0.25) is 14.0 Å². The van der Waals surface area contributed by atoms with Crippen molar-refractivity contribution in [2.75, 3.05) is 11.9 Å². The third kappa shape index (κ3) is 6.41. The van der Waals surface area contributed by atoms with Gasteiger partial charge in [0, 0.05) is 24.8 Å². The van der Waals surface area contributed by atoms with Crippen LogP contribution in [0.25, 0.3) is 5.65 Å². The topological polar surface area (TPSA) is 75.5 Å². The average molecular weight is 421 g/mol. The molecule has 6 nitrogen and oxygen atoms in total. The summed E-state index contributed by atoms with van der Waals surface area (Å²) in [5.41, 5.74) is 4.23. The average Bonchev–Trinajstić information content (AvgIpc) is 3.11. The largest absolute Gasteiger partial charge is 0.351 e. The number of benzene rings is 1. The number of nitrogens with zero attached hydrogens (tertiary/aromatic N) is 2. The van der Waals surface area contributed by atoms with Crippen LogP contribution < -0.4 is 10.6 Å². The first-order valence-corrected chi connectivity index (χ1v) is 11.2. The van der Waals surface area contributed by atoms with Gasteiger partial charge < -0.3 is 10.6 Å². The number of hydrogen-bond acceptors (Lipinski definition) is 3. The molecule has 0 fully saturated rings. The fourth-order valence-electron chi connectivity index (χ4n) is 3.62. The fraction of sp³-hybridized carbons (Fsp3) is 0.400. The second-order valence-electron chi connectivity index (χ2n) is 7.89. The van der Waals surface area contributed by atoms with E-state index >= 15 is 0 Å². The zero-order valence-electron chi connectivity index (χ0n) is 18.5. The molecule has 2 amide bonds. The molecular weight excluding hydrogens is 388 g/mol. The van der Waals surface area contributed by atoms with Crippen molar-refractivity contribution in [1.29, 1.82) is 0 Å². The van der Waals surface area contributed by atoms with Crippen LogP contribution in [0, 0.1) is 6.92 Å². The Morgan fingerprint density at radius 3 is 2.58 bits per heavy atom. The predicted octanol–water partition coefficient (Wildman–Crippen LogP) is 4.91. The van der Waals surface area contributed by atoms with Crippen LogP contribution >= 0.6 is 0 Å². The summed E-state index contributed by atoms with van der Waals surface area (Å²) in [5, 5.41) is 5.92. The van der Waals surface area contributed by atoms with Gasteiger partial charge in [0.05, 0.1) is 5.69 Å². The molecule has 1 aromatic carbocycles. The van der Waals surface area contributed by atoms with E-state index in [1.54, 1.807) is 0 Å². The van der Waals surface area contributed by atoms with E-state index in [4.69, 9.17) is 0 Å². The number of hydrogen-bond donors (Lipinski definition) is 2. The molecule has 2 heterocycles. The number of nitrogens with one attached hydrogen (secondary N) is 2. The molecule has 0 aliphatic rings. The molecule has 0 atom stereocenters. The second kappa shape index (κ2) is 11.3. The van der Waals surface area contributed by atoms with Gasteiger partial charge in [0.15, 0.2) is 0 Å². The van der Waals surface area contributed by atoms with E-state index in [0.29, 0.717) is 18.7 Å². The number of aromatic nitrogens is 2. The lowest BCUT2D eigenvalue weighted by atomic mass is 10.1. The molecule has 2 aromatic heterocycles. The number of rotatable bonds is 11. The van der Waals surface area contributed by atoms with Crippen LogP contribution in [0.3, 0.4) is 0 Å². The van der Waals surface area contributed by atoms with Crippen molar-refractivity contribution >= 4 is 23.1 Å². The summed E-state index contributed by atoms with van der Waals surface area (Å²) < 4.78 is 1.81. The minimum atomic E-state index is -0.115. The zero-order valence-corrected chi connectivity index (χ0v) is 18.5. The van der Waals surface area contributed by atoms with Gasteiger partial charge in [0.25, 0.3) is 5.91 Å². The Morgan fingerprint density at radius 1 is 1.00 bits per heavy atom. The van der Waals surface area contributed by atoms with Crippen molar-refractivity contribution < 1.29 is 9.59 Å². The van der Waals surface area contributed by atoms with Crippen molar-refractivity contribution in [3.05, 3.63) is 65.6 Å². The van der Waals surface area contributed by atoms with Gasteiger partial charge in [-0.25, -0.2) is 4.98 Å². The lowest BCUT2D eigenvalue weighted by Crippen LogP contribution is -2.26. The molecule has 0 unspecified atom stereocenters. The molecule has 31 heavy (non-hydrogen) atoms. The van der Waals surface area contributed by atoms with E-state index in [9.17, 15) is 9.59 Å². The molecule has 3 rings (SSSR count). The van der Waals surface area contributed by atoms with Gasteiger partial charge in [0.1, 0.15) is 11.3 Å². The highest BCUT2D eigenvalue weighted by atomic mass is 16.2. The van der Waals surface area contributed by atoms with Gasteiger partial charge in [0.2, 0.25) is 5.91 Å². The Labute approximate surface area is 184 Å². The SMILES string of the molecule is CCCCc1ccc(NC(=O)CCCCCNC(=O)c2c(C)nc3ccccn23)cc1. The highest BCUT2D eigenvalue weighted by Gasteiger charge is 2.15. The van der Waals surface area contributed by atoms with Crippen molar-refractivity contribution in [2.24, 2.45) is 0 Å². The second-order valence-corrected chi connectivity index (χ2v) is 7.89. The molecule has 0 saturated carbocycles. The number of imidazole rings is 1. The number of amides is 2. The minimum absolute atomic E-state index is 0.0340. The Kier molecular flexibility index (Phi) is 8.21. The summed E-state index contributed by atoms with van der Waals surface area (Å²) in [6.45, 7) is 4.61. The molecule has 3 aromatic rings. The maximum Gasteiger partial charge on any atom is 0.270 e. The Balaban J connectivity index is 1.33. The van der Waals surface area contributed by atoms with Crippen molar-refractivity contribution in [2.45, 2.75) is 58.8 Å². The summed E-state index contributed by atoms with van der Waals surface area (Å²) in [5.74, 6) is -0.0805. The molecule has 2 N–H and O–H groups in total. The van der Waals surface area contributed by atoms with Crippen molar-refractivity contribution in [3.8, 4) is 0 Å². The molecule has 0 radical (unpaired) electrons. The Bertz CT molecular complexity index is 1010. The number of anilines is 1. The highest BCUT2D eigenvalue weighted by molar-refractivity contribution is 5.94. The maximum absolute atomic E-state index is 12.5. The van der Waals surface area contributed by atoms with Gasteiger partial charge in [-0.15, -0.1) is 0 Å². The van der Waals surface area contributed by atoms with Crippen LogP contribution in [0.15, 0.2) is 48.7 Å². The van der Waals surface area contributed by atoms with E-state index in [2.05, 4.69) is 34.7 Å². The van der Waals surface area contributed by atoms with Gasteiger partial charge in [-0.05, 0) is 62.4 Å². The zero-order chi connectivity index (χ0) is 22.1. The number of pyridine rings is 1. The number of carbonyl (C=O) groups is 2. The first-order chi connectivity index (χ1) is 15.1. The molecule has 0 spiro atoms. The number of aryl methyl sites for hydroxylation is 2. The normalized spacial score (nSPS) is 10.9. The molecule has 0 saturated heterocycles. The predicted molar refractivity (Wildman–Crippen MR) is 124 cm³/mol. The molecule has 0 aliphatic carbocycles. The van der Waals surface area contributed by atoms with E-state index in [0.717, 1.165) is 42.7 Å². The first kappa shape index (κ1) is 22.5. The molecular formula is C25H32N4O2. The number of fused-ring (bicyclic) bond motifs is 1. The van der Waals surface area contributed by atoms with E-state index in [1.807, 2.05) is 47.9 Å². The Hall–Kier alpha value is -3.15. The van der Waals surface area contributed by atoms with E-state index in [1.165, 1.54) is 18.4 Å². The number of carbonyl (C=O) groups excluding carboxylic acids is 2. The van der Waals surface area contributed by atoms with Gasteiger partial charge >= 0.3 is 0 Å². The van der Waals surface area contributed by atoms with Crippen LogP contribution in [0.1, 0.15) is 67.2 Å². The van der Waals surface area contributed by atoms with Crippen LogP contribution in [0.2, 0.25) is 0 Å². The van der Waals surface area contributed by atoms with Gasteiger partial charge in [-0.2, -0.15) is 0 Å². The lowest BCUT2D eigenvalue weighted by molar-refractivity contribution is -0.116. The fourth-order valence-corrected chi connectivity index (χ4v) is 3.62. The standard InChI is InChI=1S/C25H32N4O2/c1-3-4-10-20-13-15-21(16-14-20)28-23(30)12-6-5-8-17-26-25(31)24-19(2)27-22-11-7-9-18-29(22)24/h7,9,11,13-16,18H,3-6,8,10,12,17H2,1-2H3,(H,26,31)(H,28,30). The summed E-state index contributed by atoms with van der Waals surface area (Å²) in [6.07, 6.45) is 8.30. The monoisotopic (exact) mass is 420 g/mol. The highest BCUT2D eigenvalue weighted by Crippen LogP contribution is 2.13. The molecule has 0 bridgehead atoms. The summed E-state index contributed by atoms with van der Waals surface area (Å²) in [7, 11) is 0. The van der Waals surface area contributed by atoms with Crippen molar-refractivity contribution in [3.63, 3.8) is 0 Å². The van der Waals surface area contributed by atoms with Gasteiger partial charge in [-0.1, -0.05) is 38.0 Å². The number of unbranched alkanes of at least 4 members (excludes halogenated alkanes) is 3. The quantitative estimate of drug-likeness (QED) is 0.433. The first-order valence-electron chi connectivity index (χ1n) is 11.2. The smallest absolute Gasteiger partial charge is 0.270 e. The van der Waals surface area contributed by atoms with Crippen LogP contribution in [-0.2, 0) is 11.2 Å². The van der Waals surface area contributed by atoms with Crippen LogP contribution in [0.5, 0.6) is 0 Å². The van der Waals surface area contributed by atoms with E-state index < -0.39 is 0 Å². The Morgan fingerprint density at radius 2 is 1.81 bits per heavy atom. The van der Waals surface area contributed by atoms with Crippen LogP contribution in [-0.4, -0.2) is 27.7 Å². The van der Waals surface area contributed by atoms with E-state index in [-0.39, 0.29) is 11.8 Å². The lowest BCUT2D eigenvalue weighted by Gasteiger charge is -2.08. The summed E-state index contributed by atoms with van der Waals surface area (Å²) >= 11 is 0. The molecule has 0 aliphatic heterocycles. The van der Waals surface area contributed by atoms with Crippen LogP contribution in [0.4, 0.5) is 5.69 Å².